The summed E-state index contributed by atoms with van der Waals surface area (Å²) in [5.41, 5.74) is 0. The van der Waals surface area contributed by atoms with E-state index in [0.29, 0.717) is 13.1 Å². The SMILES string of the molecule is O=C(O)C1C2CN(Cc3ccco3)C(=O)C21. The number of carboxylic acid groups (broad SMARTS) is 1. The van der Waals surface area contributed by atoms with E-state index in [0.717, 1.165) is 5.76 Å². The molecule has 1 saturated heterocycles. The number of amides is 1. The molecule has 0 spiro atoms. The van der Waals surface area contributed by atoms with Crippen LogP contribution in [0.2, 0.25) is 0 Å². The van der Waals surface area contributed by atoms with Gasteiger partial charge in [-0.25, -0.2) is 0 Å². The summed E-state index contributed by atoms with van der Waals surface area (Å²) in [6.07, 6.45) is 1.57. The number of aliphatic carboxylic acids is 1. The Morgan fingerprint density at radius 2 is 2.44 bits per heavy atom. The van der Waals surface area contributed by atoms with Crippen LogP contribution in [-0.2, 0) is 16.1 Å². The third-order valence-electron chi connectivity index (χ3n) is 3.41. The monoisotopic (exact) mass is 221 g/mol. The average molecular weight is 221 g/mol. The van der Waals surface area contributed by atoms with Crippen molar-refractivity contribution in [1.29, 1.82) is 0 Å². The summed E-state index contributed by atoms with van der Waals surface area (Å²) in [5, 5.41) is 8.83. The summed E-state index contributed by atoms with van der Waals surface area (Å²) < 4.78 is 5.16. The van der Waals surface area contributed by atoms with Gasteiger partial charge in [0.1, 0.15) is 5.76 Å². The highest BCUT2D eigenvalue weighted by Gasteiger charge is 2.65. The number of furan rings is 1. The Labute approximate surface area is 91.6 Å². The van der Waals surface area contributed by atoms with Crippen LogP contribution in [0.25, 0.3) is 0 Å². The van der Waals surface area contributed by atoms with Crippen molar-refractivity contribution in [2.24, 2.45) is 17.8 Å². The summed E-state index contributed by atoms with van der Waals surface area (Å²) in [6.45, 7) is 0.992. The van der Waals surface area contributed by atoms with Gasteiger partial charge in [-0.1, -0.05) is 0 Å². The number of piperidine rings is 1. The minimum Gasteiger partial charge on any atom is -0.481 e. The zero-order valence-corrected chi connectivity index (χ0v) is 8.50. The number of nitrogens with zero attached hydrogens (tertiary/aromatic N) is 1. The van der Waals surface area contributed by atoms with Crippen molar-refractivity contribution < 1.29 is 19.1 Å². The van der Waals surface area contributed by atoms with Gasteiger partial charge in [-0.3, -0.25) is 9.59 Å². The van der Waals surface area contributed by atoms with Crippen LogP contribution in [0.1, 0.15) is 5.76 Å². The van der Waals surface area contributed by atoms with Gasteiger partial charge in [0.15, 0.2) is 0 Å². The summed E-state index contributed by atoms with van der Waals surface area (Å²) >= 11 is 0. The Bertz CT molecular complexity index is 439. The van der Waals surface area contributed by atoms with Crippen LogP contribution in [0, 0.1) is 17.8 Å². The van der Waals surface area contributed by atoms with Crippen LogP contribution >= 0.6 is 0 Å². The zero-order valence-electron chi connectivity index (χ0n) is 8.50. The topological polar surface area (TPSA) is 70.8 Å². The highest BCUT2D eigenvalue weighted by atomic mass is 16.4. The number of carboxylic acids is 1. The van der Waals surface area contributed by atoms with Gasteiger partial charge in [0.25, 0.3) is 0 Å². The quantitative estimate of drug-likeness (QED) is 0.810. The first kappa shape index (κ1) is 9.45. The van der Waals surface area contributed by atoms with Crippen molar-refractivity contribution in [3.8, 4) is 0 Å². The van der Waals surface area contributed by atoms with E-state index in [1.54, 1.807) is 17.2 Å². The number of fused-ring (bicyclic) bond motifs is 1. The fourth-order valence-corrected chi connectivity index (χ4v) is 2.56. The largest absolute Gasteiger partial charge is 0.481 e. The second-order valence-electron chi connectivity index (χ2n) is 4.35. The highest BCUT2D eigenvalue weighted by molar-refractivity contribution is 5.93. The van der Waals surface area contributed by atoms with Crippen LogP contribution in [0.4, 0.5) is 0 Å². The van der Waals surface area contributed by atoms with Crippen molar-refractivity contribution >= 4 is 11.9 Å². The molecule has 16 heavy (non-hydrogen) atoms. The van der Waals surface area contributed by atoms with Gasteiger partial charge in [-0.2, -0.15) is 0 Å². The summed E-state index contributed by atoms with van der Waals surface area (Å²) in [5.74, 6) is -0.871. The Hall–Kier alpha value is -1.78. The van der Waals surface area contributed by atoms with Crippen LogP contribution < -0.4 is 0 Å². The standard InChI is InChI=1S/C11H11NO4/c13-10-8-7(9(8)11(14)15)5-12(10)4-6-2-1-3-16-6/h1-3,7-9H,4-5H2,(H,14,15). The molecule has 3 atom stereocenters. The minimum atomic E-state index is -0.846. The number of carbonyl (C=O) groups excluding carboxylic acids is 1. The Morgan fingerprint density at radius 1 is 1.62 bits per heavy atom. The molecule has 1 aliphatic heterocycles. The maximum absolute atomic E-state index is 11.8. The molecule has 2 fully saturated rings. The molecule has 0 bridgehead atoms. The first-order valence-electron chi connectivity index (χ1n) is 5.22. The summed E-state index contributed by atoms with van der Waals surface area (Å²) in [7, 11) is 0. The van der Waals surface area contributed by atoms with E-state index in [9.17, 15) is 9.59 Å². The lowest BCUT2D eigenvalue weighted by Gasteiger charge is -2.17. The molecular formula is C11H11NO4. The molecule has 1 aromatic heterocycles. The molecule has 1 saturated carbocycles. The van der Waals surface area contributed by atoms with Gasteiger partial charge in [0.05, 0.1) is 24.6 Å². The third kappa shape index (κ3) is 1.24. The van der Waals surface area contributed by atoms with E-state index in [1.807, 2.05) is 6.07 Å². The number of carbonyl (C=O) groups is 2. The summed E-state index contributed by atoms with van der Waals surface area (Å²) in [4.78, 5) is 24.2. The maximum atomic E-state index is 11.8. The average Bonchev–Trinajstić information content (AvgIpc) is 2.56. The van der Waals surface area contributed by atoms with E-state index >= 15 is 0 Å². The van der Waals surface area contributed by atoms with E-state index in [1.165, 1.54) is 0 Å². The van der Waals surface area contributed by atoms with E-state index < -0.39 is 11.9 Å². The first-order chi connectivity index (χ1) is 7.68. The van der Waals surface area contributed by atoms with Gasteiger partial charge >= 0.3 is 5.97 Å². The van der Waals surface area contributed by atoms with Crippen LogP contribution in [-0.4, -0.2) is 28.4 Å². The van der Waals surface area contributed by atoms with E-state index in [4.69, 9.17) is 9.52 Å². The Morgan fingerprint density at radius 3 is 2.94 bits per heavy atom. The lowest BCUT2D eigenvalue weighted by atomic mass is 10.2. The molecule has 5 heteroatoms. The molecule has 3 rings (SSSR count). The van der Waals surface area contributed by atoms with Crippen molar-refractivity contribution in [3.63, 3.8) is 0 Å². The lowest BCUT2D eigenvalue weighted by molar-refractivity contribution is -0.143. The fraction of sp³-hybridized carbons (Fsp3) is 0.455. The molecule has 1 N–H and O–H groups in total. The minimum absolute atomic E-state index is 0.0139. The van der Waals surface area contributed by atoms with Crippen LogP contribution in [0.15, 0.2) is 22.8 Å². The normalized spacial score (nSPS) is 31.6. The van der Waals surface area contributed by atoms with E-state index in [2.05, 4.69) is 0 Å². The lowest BCUT2D eigenvalue weighted by Crippen LogP contribution is -2.30. The van der Waals surface area contributed by atoms with Gasteiger partial charge in [-0.05, 0) is 12.1 Å². The molecule has 1 aromatic rings. The second kappa shape index (κ2) is 3.10. The second-order valence-corrected chi connectivity index (χ2v) is 4.35. The number of hydrogen-bond donors (Lipinski definition) is 1. The Balaban J connectivity index is 1.67. The van der Waals surface area contributed by atoms with Crippen molar-refractivity contribution in [2.45, 2.75) is 6.54 Å². The molecule has 0 radical (unpaired) electrons. The predicted octanol–water partition coefficient (Wildman–Crippen LogP) is 0.569. The molecule has 3 unspecified atom stereocenters. The van der Waals surface area contributed by atoms with Crippen molar-refractivity contribution in [2.75, 3.05) is 6.54 Å². The number of hydrogen-bond acceptors (Lipinski definition) is 3. The Kier molecular flexibility index (Phi) is 1.83. The van der Waals surface area contributed by atoms with Gasteiger partial charge in [-0.15, -0.1) is 0 Å². The molecule has 1 aliphatic carbocycles. The molecule has 0 aromatic carbocycles. The summed E-state index contributed by atoms with van der Waals surface area (Å²) in [6, 6.07) is 3.59. The van der Waals surface area contributed by atoms with Crippen molar-refractivity contribution in [3.05, 3.63) is 24.2 Å². The fourth-order valence-electron chi connectivity index (χ4n) is 2.56. The van der Waals surface area contributed by atoms with Gasteiger partial charge in [0.2, 0.25) is 5.91 Å². The van der Waals surface area contributed by atoms with Crippen LogP contribution in [0.3, 0.4) is 0 Å². The molecule has 5 nitrogen and oxygen atoms in total. The van der Waals surface area contributed by atoms with Crippen molar-refractivity contribution in [1.82, 2.24) is 4.90 Å². The molecular weight excluding hydrogens is 210 g/mol. The van der Waals surface area contributed by atoms with Crippen LogP contribution in [0.5, 0.6) is 0 Å². The zero-order chi connectivity index (χ0) is 11.3. The molecule has 1 amide bonds. The third-order valence-corrected chi connectivity index (χ3v) is 3.41. The van der Waals surface area contributed by atoms with Gasteiger partial charge < -0.3 is 14.4 Å². The molecule has 2 aliphatic rings. The highest BCUT2D eigenvalue weighted by Crippen LogP contribution is 2.52. The maximum Gasteiger partial charge on any atom is 0.307 e. The first-order valence-corrected chi connectivity index (χ1v) is 5.22. The molecule has 84 valence electrons. The van der Waals surface area contributed by atoms with Gasteiger partial charge in [0, 0.05) is 12.5 Å². The molecule has 2 heterocycles. The van der Waals surface area contributed by atoms with E-state index in [-0.39, 0.29) is 17.7 Å². The number of likely N-dealkylation sites (tertiary alicyclic amines) is 1. The number of rotatable bonds is 3. The smallest absolute Gasteiger partial charge is 0.307 e. The predicted molar refractivity (Wildman–Crippen MR) is 52.2 cm³/mol.